The van der Waals surface area contributed by atoms with Crippen LogP contribution >= 0.6 is 11.6 Å². The minimum absolute atomic E-state index is 0.127. The SMILES string of the molecule is Cc1ccn2cc(C(=O)N(C)C)nc2c1Cl. The Labute approximate surface area is 98.5 Å². The van der Waals surface area contributed by atoms with E-state index in [2.05, 4.69) is 4.98 Å². The molecule has 0 unspecified atom stereocenters. The lowest BCUT2D eigenvalue weighted by Gasteiger charge is -2.06. The summed E-state index contributed by atoms with van der Waals surface area (Å²) in [7, 11) is 3.39. The van der Waals surface area contributed by atoms with Crippen molar-refractivity contribution in [3.8, 4) is 0 Å². The lowest BCUT2D eigenvalue weighted by atomic mass is 10.3. The number of rotatable bonds is 1. The van der Waals surface area contributed by atoms with E-state index in [9.17, 15) is 4.79 Å². The van der Waals surface area contributed by atoms with Crippen molar-refractivity contribution < 1.29 is 4.79 Å². The molecular formula is C11H12ClN3O. The van der Waals surface area contributed by atoms with Crippen LogP contribution in [0.2, 0.25) is 5.02 Å². The van der Waals surface area contributed by atoms with Crippen molar-refractivity contribution in [2.75, 3.05) is 14.1 Å². The molecule has 0 aliphatic rings. The van der Waals surface area contributed by atoms with Crippen LogP contribution in [-0.2, 0) is 0 Å². The van der Waals surface area contributed by atoms with Crippen molar-refractivity contribution in [1.29, 1.82) is 0 Å². The molecular weight excluding hydrogens is 226 g/mol. The Morgan fingerprint density at radius 2 is 2.19 bits per heavy atom. The quantitative estimate of drug-likeness (QED) is 0.761. The Hall–Kier alpha value is -1.55. The molecule has 1 amide bonds. The fourth-order valence-corrected chi connectivity index (χ4v) is 1.65. The molecule has 4 nitrogen and oxygen atoms in total. The maximum absolute atomic E-state index is 11.7. The van der Waals surface area contributed by atoms with Gasteiger partial charge in [-0.25, -0.2) is 4.98 Å². The number of fused-ring (bicyclic) bond motifs is 1. The van der Waals surface area contributed by atoms with E-state index < -0.39 is 0 Å². The van der Waals surface area contributed by atoms with Crippen LogP contribution in [0.5, 0.6) is 0 Å². The van der Waals surface area contributed by atoms with Gasteiger partial charge in [0.2, 0.25) is 0 Å². The molecule has 0 N–H and O–H groups in total. The standard InChI is InChI=1S/C11H12ClN3O/c1-7-4-5-15-6-8(11(16)14(2)3)13-10(15)9(7)12/h4-6H,1-3H3. The van der Waals surface area contributed by atoms with Crippen LogP contribution in [-0.4, -0.2) is 34.3 Å². The zero-order chi connectivity index (χ0) is 11.9. The molecule has 2 rings (SSSR count). The summed E-state index contributed by atoms with van der Waals surface area (Å²) < 4.78 is 1.76. The van der Waals surface area contributed by atoms with Crippen molar-refractivity contribution in [2.45, 2.75) is 6.92 Å². The molecule has 0 aromatic carbocycles. The molecule has 5 heteroatoms. The molecule has 0 aliphatic heterocycles. The number of hydrogen-bond donors (Lipinski definition) is 0. The Balaban J connectivity index is 2.61. The number of aryl methyl sites for hydroxylation is 1. The summed E-state index contributed by atoms with van der Waals surface area (Å²) in [5, 5.41) is 0.584. The van der Waals surface area contributed by atoms with Gasteiger partial charge in [0.05, 0.1) is 5.02 Å². The van der Waals surface area contributed by atoms with Gasteiger partial charge in [-0.3, -0.25) is 4.79 Å². The third kappa shape index (κ3) is 1.65. The van der Waals surface area contributed by atoms with Crippen LogP contribution in [0.3, 0.4) is 0 Å². The highest BCUT2D eigenvalue weighted by molar-refractivity contribution is 6.34. The first kappa shape index (κ1) is 11.0. The van der Waals surface area contributed by atoms with Gasteiger partial charge >= 0.3 is 0 Å². The van der Waals surface area contributed by atoms with E-state index in [1.54, 1.807) is 24.7 Å². The number of nitrogens with zero attached hydrogens (tertiary/aromatic N) is 3. The van der Waals surface area contributed by atoms with E-state index in [0.717, 1.165) is 5.56 Å². The van der Waals surface area contributed by atoms with Crippen LogP contribution in [0.15, 0.2) is 18.5 Å². The second-order valence-electron chi connectivity index (χ2n) is 3.87. The van der Waals surface area contributed by atoms with Gasteiger partial charge in [-0.05, 0) is 18.6 Å². The van der Waals surface area contributed by atoms with E-state index >= 15 is 0 Å². The number of halogens is 1. The van der Waals surface area contributed by atoms with Gasteiger partial charge < -0.3 is 9.30 Å². The fraction of sp³-hybridized carbons (Fsp3) is 0.273. The molecule has 0 aliphatic carbocycles. The van der Waals surface area contributed by atoms with Gasteiger partial charge in [0.25, 0.3) is 5.91 Å². The number of carbonyl (C=O) groups excluding carboxylic acids is 1. The smallest absolute Gasteiger partial charge is 0.273 e. The number of carbonyl (C=O) groups is 1. The number of imidazole rings is 1. The first-order chi connectivity index (χ1) is 7.50. The summed E-state index contributed by atoms with van der Waals surface area (Å²) in [5.41, 5.74) is 1.97. The van der Waals surface area contributed by atoms with Gasteiger partial charge in [-0.1, -0.05) is 11.6 Å². The lowest BCUT2D eigenvalue weighted by Crippen LogP contribution is -2.21. The predicted octanol–water partition coefficient (Wildman–Crippen LogP) is 2.00. The first-order valence-corrected chi connectivity index (χ1v) is 5.24. The average Bonchev–Trinajstić information content (AvgIpc) is 2.67. The van der Waals surface area contributed by atoms with Crippen LogP contribution in [0.1, 0.15) is 16.1 Å². The maximum atomic E-state index is 11.7. The minimum atomic E-state index is -0.127. The van der Waals surface area contributed by atoms with Crippen molar-refractivity contribution >= 4 is 23.2 Å². The van der Waals surface area contributed by atoms with Gasteiger partial charge in [-0.15, -0.1) is 0 Å². The molecule has 0 radical (unpaired) electrons. The third-order valence-electron chi connectivity index (χ3n) is 2.39. The van der Waals surface area contributed by atoms with Crippen molar-refractivity contribution in [1.82, 2.24) is 14.3 Å². The van der Waals surface area contributed by atoms with Crippen molar-refractivity contribution in [2.24, 2.45) is 0 Å². The molecule has 0 saturated heterocycles. The second-order valence-corrected chi connectivity index (χ2v) is 4.25. The minimum Gasteiger partial charge on any atom is -0.343 e. The summed E-state index contributed by atoms with van der Waals surface area (Å²) in [6.07, 6.45) is 3.53. The highest BCUT2D eigenvalue weighted by Crippen LogP contribution is 2.21. The van der Waals surface area contributed by atoms with E-state index in [1.165, 1.54) is 4.90 Å². The fourth-order valence-electron chi connectivity index (χ4n) is 1.44. The molecule has 0 saturated carbocycles. The Morgan fingerprint density at radius 1 is 1.50 bits per heavy atom. The summed E-state index contributed by atoms with van der Waals surface area (Å²) >= 11 is 6.12. The highest BCUT2D eigenvalue weighted by Gasteiger charge is 2.14. The normalized spacial score (nSPS) is 10.8. The maximum Gasteiger partial charge on any atom is 0.273 e. The van der Waals surface area contributed by atoms with E-state index in [-0.39, 0.29) is 5.91 Å². The average molecular weight is 238 g/mol. The highest BCUT2D eigenvalue weighted by atomic mass is 35.5. The van der Waals surface area contributed by atoms with Crippen LogP contribution in [0.4, 0.5) is 0 Å². The molecule has 0 fully saturated rings. The summed E-state index contributed by atoms with van der Waals surface area (Å²) in [5.74, 6) is -0.127. The van der Waals surface area contributed by atoms with E-state index in [1.807, 2.05) is 19.2 Å². The molecule has 84 valence electrons. The molecule has 16 heavy (non-hydrogen) atoms. The van der Waals surface area contributed by atoms with Crippen LogP contribution in [0, 0.1) is 6.92 Å². The first-order valence-electron chi connectivity index (χ1n) is 4.86. The zero-order valence-corrected chi connectivity index (χ0v) is 10.1. The molecule has 2 aromatic heterocycles. The number of aromatic nitrogens is 2. The van der Waals surface area contributed by atoms with Gasteiger partial charge in [0.1, 0.15) is 5.69 Å². The summed E-state index contributed by atoms with van der Waals surface area (Å²) in [6, 6.07) is 1.89. The molecule has 0 atom stereocenters. The summed E-state index contributed by atoms with van der Waals surface area (Å²) in [6.45, 7) is 1.91. The van der Waals surface area contributed by atoms with Crippen LogP contribution in [0.25, 0.3) is 5.65 Å². The second kappa shape index (κ2) is 3.79. The Bertz CT molecular complexity index is 560. The van der Waals surface area contributed by atoms with Crippen LogP contribution < -0.4 is 0 Å². The molecule has 2 aromatic rings. The van der Waals surface area contributed by atoms with E-state index in [4.69, 9.17) is 11.6 Å². The predicted molar refractivity (Wildman–Crippen MR) is 63.0 cm³/mol. The molecule has 2 heterocycles. The molecule has 0 bridgehead atoms. The summed E-state index contributed by atoms with van der Waals surface area (Å²) in [4.78, 5) is 17.4. The van der Waals surface area contributed by atoms with Gasteiger partial charge in [0.15, 0.2) is 5.65 Å². The number of amides is 1. The Morgan fingerprint density at radius 3 is 2.81 bits per heavy atom. The largest absolute Gasteiger partial charge is 0.343 e. The topological polar surface area (TPSA) is 37.6 Å². The number of pyridine rings is 1. The third-order valence-corrected chi connectivity index (χ3v) is 2.85. The van der Waals surface area contributed by atoms with Crippen molar-refractivity contribution in [3.63, 3.8) is 0 Å². The Kier molecular flexibility index (Phi) is 2.59. The lowest BCUT2D eigenvalue weighted by molar-refractivity contribution is 0.0822. The van der Waals surface area contributed by atoms with Gasteiger partial charge in [-0.2, -0.15) is 0 Å². The molecule has 0 spiro atoms. The van der Waals surface area contributed by atoms with Crippen molar-refractivity contribution in [3.05, 3.63) is 34.7 Å². The number of hydrogen-bond acceptors (Lipinski definition) is 2. The monoisotopic (exact) mass is 237 g/mol. The van der Waals surface area contributed by atoms with E-state index in [0.29, 0.717) is 16.4 Å². The van der Waals surface area contributed by atoms with Gasteiger partial charge in [0, 0.05) is 26.5 Å². The zero-order valence-electron chi connectivity index (χ0n) is 9.36.